The minimum Gasteiger partial charge on any atom is -0.390 e. The third-order valence-electron chi connectivity index (χ3n) is 5.16. The zero-order valence-corrected chi connectivity index (χ0v) is 21.1. The van der Waals surface area contributed by atoms with Crippen LogP contribution in [0.25, 0.3) is 0 Å². The number of amides is 2. The highest BCUT2D eigenvalue weighted by molar-refractivity contribution is 7.92. The van der Waals surface area contributed by atoms with Crippen LogP contribution in [0.1, 0.15) is 28.0 Å². The van der Waals surface area contributed by atoms with Gasteiger partial charge in [0.25, 0.3) is 5.91 Å². The van der Waals surface area contributed by atoms with Gasteiger partial charge in [-0.2, -0.15) is 0 Å². The summed E-state index contributed by atoms with van der Waals surface area (Å²) in [5, 5.41) is 28.2. The minimum atomic E-state index is -3.56. The molecule has 3 atom stereocenters. The lowest BCUT2D eigenvalue weighted by Gasteiger charge is -2.27. The molecule has 192 valence electrons. The van der Waals surface area contributed by atoms with Crippen LogP contribution in [0, 0.1) is 0 Å². The number of aliphatic hydroxyl groups excluding tert-OH is 2. The molecule has 10 nitrogen and oxygen atoms in total. The molecule has 5 N–H and O–H groups in total. The maximum Gasteiger partial charge on any atom is 0.271 e. The molecule has 0 aliphatic heterocycles. The normalized spacial score (nSPS) is 13.9. The number of nitrogens with zero attached hydrogens (tertiary/aromatic N) is 1. The highest BCUT2D eigenvalue weighted by Crippen LogP contribution is 2.18. The number of nitrogens with one attached hydrogen (secondary N) is 3. The molecule has 3 aromatic rings. The van der Waals surface area contributed by atoms with Gasteiger partial charge in [-0.05, 0) is 17.5 Å². The van der Waals surface area contributed by atoms with Gasteiger partial charge < -0.3 is 20.8 Å². The Bertz CT molecular complexity index is 1250. The van der Waals surface area contributed by atoms with Gasteiger partial charge in [0.15, 0.2) is 5.13 Å². The summed E-state index contributed by atoms with van der Waals surface area (Å²) in [4.78, 5) is 29.1. The summed E-state index contributed by atoms with van der Waals surface area (Å²) in [6.45, 7) is 0.278. The van der Waals surface area contributed by atoms with E-state index in [0.717, 1.165) is 28.7 Å². The monoisotopic (exact) mass is 532 g/mol. The highest BCUT2D eigenvalue weighted by Gasteiger charge is 2.30. The summed E-state index contributed by atoms with van der Waals surface area (Å²) in [5.74, 6) is -1.11. The molecule has 0 saturated heterocycles. The lowest BCUT2D eigenvalue weighted by Crippen LogP contribution is -2.50. The lowest BCUT2D eigenvalue weighted by molar-refractivity contribution is -0.125. The van der Waals surface area contributed by atoms with Crippen LogP contribution in [-0.2, 0) is 27.8 Å². The number of hydrogen-bond donors (Lipinski definition) is 5. The first-order chi connectivity index (χ1) is 17.1. The molecular formula is C24H28N4O6S2. The fraction of sp³-hybridized carbons (Fsp3) is 0.292. The number of thiazole rings is 1. The molecular weight excluding hydrogens is 504 g/mol. The molecule has 12 heteroatoms. The molecule has 1 heterocycles. The van der Waals surface area contributed by atoms with E-state index in [0.29, 0.717) is 0 Å². The zero-order valence-electron chi connectivity index (χ0n) is 19.5. The number of rotatable bonds is 12. The maximum absolute atomic E-state index is 12.8. The highest BCUT2D eigenvalue weighted by atomic mass is 32.2. The number of aliphatic hydroxyl groups is 2. The Hall–Kier alpha value is -3.32. The van der Waals surface area contributed by atoms with Crippen LogP contribution in [0.5, 0.6) is 0 Å². The molecule has 36 heavy (non-hydrogen) atoms. The zero-order chi connectivity index (χ0) is 26.1. The van der Waals surface area contributed by atoms with Crippen LogP contribution in [0.3, 0.4) is 0 Å². The van der Waals surface area contributed by atoms with E-state index in [1.54, 1.807) is 12.1 Å². The first-order valence-electron chi connectivity index (χ1n) is 11.1. The molecule has 0 unspecified atom stereocenters. The molecule has 2 amide bonds. The van der Waals surface area contributed by atoms with Crippen molar-refractivity contribution in [3.05, 3.63) is 82.9 Å². The molecule has 3 rings (SSSR count). The molecule has 0 aliphatic carbocycles. The molecule has 0 saturated carbocycles. The number of hydrogen-bond acceptors (Lipinski definition) is 8. The quantitative estimate of drug-likeness (QED) is 0.235. The van der Waals surface area contributed by atoms with Crippen molar-refractivity contribution in [3.8, 4) is 0 Å². The van der Waals surface area contributed by atoms with Gasteiger partial charge >= 0.3 is 0 Å². The van der Waals surface area contributed by atoms with E-state index in [-0.39, 0.29) is 30.2 Å². The summed E-state index contributed by atoms with van der Waals surface area (Å²) in [7, 11) is -3.56. The van der Waals surface area contributed by atoms with Crippen molar-refractivity contribution in [1.82, 2.24) is 15.6 Å². The van der Waals surface area contributed by atoms with Gasteiger partial charge in [0.1, 0.15) is 11.8 Å². The molecule has 0 fully saturated rings. The predicted octanol–water partition coefficient (Wildman–Crippen LogP) is 1.28. The van der Waals surface area contributed by atoms with E-state index in [9.17, 15) is 28.2 Å². The van der Waals surface area contributed by atoms with Gasteiger partial charge in [-0.15, -0.1) is 11.3 Å². The molecule has 0 aliphatic rings. The first kappa shape index (κ1) is 27.3. The molecule has 0 radical (unpaired) electrons. The second-order valence-electron chi connectivity index (χ2n) is 8.21. The molecule has 0 spiro atoms. The predicted molar refractivity (Wildman–Crippen MR) is 137 cm³/mol. The van der Waals surface area contributed by atoms with Crippen molar-refractivity contribution >= 4 is 38.3 Å². The summed E-state index contributed by atoms with van der Waals surface area (Å²) < 4.78 is 25.0. The van der Waals surface area contributed by atoms with Crippen LogP contribution in [0.15, 0.2) is 66.0 Å². The van der Waals surface area contributed by atoms with Crippen LogP contribution < -0.4 is 15.4 Å². The second kappa shape index (κ2) is 12.6. The van der Waals surface area contributed by atoms with E-state index in [1.807, 2.05) is 48.5 Å². The van der Waals surface area contributed by atoms with Gasteiger partial charge in [0.05, 0.1) is 24.8 Å². The van der Waals surface area contributed by atoms with E-state index in [4.69, 9.17) is 0 Å². The smallest absolute Gasteiger partial charge is 0.271 e. The van der Waals surface area contributed by atoms with Gasteiger partial charge in [-0.1, -0.05) is 60.7 Å². The Morgan fingerprint density at radius 1 is 1.00 bits per heavy atom. The number of sulfonamides is 1. The molecule has 0 bridgehead atoms. The Balaban J connectivity index is 1.66. The van der Waals surface area contributed by atoms with Crippen molar-refractivity contribution < 1.29 is 28.2 Å². The van der Waals surface area contributed by atoms with Gasteiger partial charge in [0, 0.05) is 11.9 Å². The van der Waals surface area contributed by atoms with Crippen molar-refractivity contribution in [2.75, 3.05) is 11.0 Å². The second-order valence-corrected chi connectivity index (χ2v) is 10.8. The summed E-state index contributed by atoms with van der Waals surface area (Å²) in [6, 6.07) is 17.4. The van der Waals surface area contributed by atoms with Crippen molar-refractivity contribution in [1.29, 1.82) is 0 Å². The summed E-state index contributed by atoms with van der Waals surface area (Å²) in [5.41, 5.74) is 1.63. The third kappa shape index (κ3) is 8.72. The topological polar surface area (TPSA) is 158 Å². The van der Waals surface area contributed by atoms with Crippen molar-refractivity contribution in [2.24, 2.45) is 0 Å². The number of aromatic nitrogens is 1. The Morgan fingerprint density at radius 2 is 1.61 bits per heavy atom. The van der Waals surface area contributed by atoms with E-state index in [2.05, 4.69) is 20.3 Å². The minimum absolute atomic E-state index is 0.0259. The molecule has 1 aromatic heterocycles. The van der Waals surface area contributed by atoms with Crippen LogP contribution >= 0.6 is 11.3 Å². The van der Waals surface area contributed by atoms with Crippen molar-refractivity contribution in [2.45, 2.75) is 37.6 Å². The summed E-state index contributed by atoms with van der Waals surface area (Å²) in [6.07, 6.45) is -2.14. The standard InChI is InChI=1S/C24H28N4O6S2/c1-36(33,34)28-24-27-19(15-35-24)23(32)26-18(12-16-8-4-2-5-9-16)22(31)20(29)13-21(30)25-14-17-10-6-3-7-11-17/h2-11,15,18,20,22,29,31H,12-14H2,1H3,(H,25,30)(H,26,32)(H,27,28)/t18-,20+,22+/m0/s1. The average Bonchev–Trinajstić information content (AvgIpc) is 3.30. The van der Waals surface area contributed by atoms with E-state index < -0.39 is 40.1 Å². The van der Waals surface area contributed by atoms with Gasteiger partial charge in [-0.3, -0.25) is 14.3 Å². The lowest BCUT2D eigenvalue weighted by atomic mass is 9.96. The first-order valence-corrected chi connectivity index (χ1v) is 13.8. The number of anilines is 1. The van der Waals surface area contributed by atoms with Crippen molar-refractivity contribution in [3.63, 3.8) is 0 Å². The van der Waals surface area contributed by atoms with E-state index in [1.165, 1.54) is 5.38 Å². The summed E-state index contributed by atoms with van der Waals surface area (Å²) >= 11 is 0.936. The Labute approximate surface area is 213 Å². The number of carbonyl (C=O) groups is 2. The van der Waals surface area contributed by atoms with Gasteiger partial charge in [0.2, 0.25) is 15.9 Å². The van der Waals surface area contributed by atoms with Crippen LogP contribution in [0.2, 0.25) is 0 Å². The fourth-order valence-electron chi connectivity index (χ4n) is 3.40. The third-order valence-corrected chi connectivity index (χ3v) is 6.61. The average molecular weight is 533 g/mol. The largest absolute Gasteiger partial charge is 0.390 e. The van der Waals surface area contributed by atoms with Crippen LogP contribution in [-0.4, -0.2) is 59.9 Å². The van der Waals surface area contributed by atoms with Crippen LogP contribution in [0.4, 0.5) is 5.13 Å². The van der Waals surface area contributed by atoms with E-state index >= 15 is 0 Å². The number of benzene rings is 2. The van der Waals surface area contributed by atoms with Gasteiger partial charge in [-0.25, -0.2) is 13.4 Å². The maximum atomic E-state index is 12.8. The molecule has 2 aromatic carbocycles. The Morgan fingerprint density at radius 3 is 2.22 bits per heavy atom. The number of carbonyl (C=O) groups excluding carboxylic acids is 2. The Kier molecular flexibility index (Phi) is 9.53. The fourth-order valence-corrected chi connectivity index (χ4v) is 4.94. The SMILES string of the molecule is CS(=O)(=O)Nc1nc(C(=O)N[C@@H](Cc2ccccc2)[C@@H](O)[C@H](O)CC(=O)NCc2ccccc2)cs1.